The van der Waals surface area contributed by atoms with E-state index in [2.05, 4.69) is 12.1 Å². The van der Waals surface area contributed by atoms with Crippen LogP contribution in [-0.2, 0) is 6.42 Å². The summed E-state index contributed by atoms with van der Waals surface area (Å²) in [5, 5.41) is 0. The van der Waals surface area contributed by atoms with Crippen LogP contribution in [0.5, 0.6) is 11.5 Å². The zero-order valence-electron chi connectivity index (χ0n) is 14.5. The highest BCUT2D eigenvalue weighted by atomic mass is 16.7. The molecule has 0 radical (unpaired) electrons. The number of nitrogens with two attached hydrogens (primary N) is 1. The minimum atomic E-state index is -0.0424. The molecule has 0 spiro atoms. The van der Waals surface area contributed by atoms with Crippen LogP contribution in [0.3, 0.4) is 0 Å². The summed E-state index contributed by atoms with van der Waals surface area (Å²) in [4.78, 5) is 15.1. The molecule has 132 valence electrons. The standard InChI is InChI=1S/C20H24N2O3/c1-2-22(16(11-12-21)13-15-7-4-3-5-8-15)20(23)17-9-6-10-18-19(17)25-14-24-18/h3-10,16H,2,11-14,21H2,1H3/t16-/m1/s1. The zero-order chi connectivity index (χ0) is 17.6. The van der Waals surface area contributed by atoms with Gasteiger partial charge in [0, 0.05) is 12.6 Å². The van der Waals surface area contributed by atoms with Gasteiger partial charge in [-0.3, -0.25) is 4.79 Å². The maximum atomic E-state index is 13.2. The summed E-state index contributed by atoms with van der Waals surface area (Å²) in [6, 6.07) is 15.7. The van der Waals surface area contributed by atoms with Gasteiger partial charge in [-0.15, -0.1) is 0 Å². The number of hydrogen-bond acceptors (Lipinski definition) is 4. The second-order valence-corrected chi connectivity index (χ2v) is 6.05. The third kappa shape index (κ3) is 3.77. The molecule has 0 saturated carbocycles. The van der Waals surface area contributed by atoms with Crippen LogP contribution in [0.25, 0.3) is 0 Å². The highest BCUT2D eigenvalue weighted by molar-refractivity contribution is 5.98. The van der Waals surface area contributed by atoms with Crippen LogP contribution >= 0.6 is 0 Å². The van der Waals surface area contributed by atoms with Crippen molar-refractivity contribution in [2.24, 2.45) is 5.73 Å². The first-order chi connectivity index (χ1) is 12.2. The average molecular weight is 340 g/mol. The lowest BCUT2D eigenvalue weighted by Crippen LogP contribution is -2.42. The Hall–Kier alpha value is -2.53. The van der Waals surface area contributed by atoms with Crippen molar-refractivity contribution < 1.29 is 14.3 Å². The lowest BCUT2D eigenvalue weighted by atomic mass is 10.0. The minimum Gasteiger partial charge on any atom is -0.454 e. The molecule has 1 aliphatic rings. The molecular formula is C20H24N2O3. The van der Waals surface area contributed by atoms with Crippen LogP contribution in [0.1, 0.15) is 29.3 Å². The summed E-state index contributed by atoms with van der Waals surface area (Å²) in [7, 11) is 0. The molecule has 0 saturated heterocycles. The molecule has 1 heterocycles. The number of hydrogen-bond donors (Lipinski definition) is 1. The van der Waals surface area contributed by atoms with Crippen LogP contribution in [-0.4, -0.2) is 36.7 Å². The van der Waals surface area contributed by atoms with Gasteiger partial charge in [0.2, 0.25) is 6.79 Å². The lowest BCUT2D eigenvalue weighted by Gasteiger charge is -2.31. The highest BCUT2D eigenvalue weighted by Crippen LogP contribution is 2.36. The summed E-state index contributed by atoms with van der Waals surface area (Å²) in [5.74, 6) is 1.12. The van der Waals surface area contributed by atoms with E-state index in [1.807, 2.05) is 42.2 Å². The van der Waals surface area contributed by atoms with E-state index in [-0.39, 0.29) is 18.7 Å². The molecule has 1 aliphatic heterocycles. The van der Waals surface area contributed by atoms with E-state index < -0.39 is 0 Å². The van der Waals surface area contributed by atoms with E-state index in [1.54, 1.807) is 6.07 Å². The first-order valence-corrected chi connectivity index (χ1v) is 8.68. The molecule has 0 aromatic heterocycles. The van der Waals surface area contributed by atoms with Gasteiger partial charge >= 0.3 is 0 Å². The summed E-state index contributed by atoms with van der Waals surface area (Å²) >= 11 is 0. The number of para-hydroxylation sites is 1. The van der Waals surface area contributed by atoms with Crippen molar-refractivity contribution in [3.63, 3.8) is 0 Å². The number of benzene rings is 2. The van der Waals surface area contributed by atoms with Crippen molar-refractivity contribution >= 4 is 5.91 Å². The third-order valence-corrected chi connectivity index (χ3v) is 4.48. The zero-order valence-corrected chi connectivity index (χ0v) is 14.5. The number of likely N-dealkylation sites (N-methyl/N-ethyl adjacent to an activating group) is 1. The minimum absolute atomic E-state index is 0.0424. The molecule has 0 aliphatic carbocycles. The molecule has 2 aromatic rings. The summed E-state index contributed by atoms with van der Waals surface area (Å²) in [6.07, 6.45) is 1.53. The van der Waals surface area contributed by atoms with Crippen molar-refractivity contribution in [3.05, 3.63) is 59.7 Å². The van der Waals surface area contributed by atoms with Gasteiger partial charge in [0.1, 0.15) is 0 Å². The fraction of sp³-hybridized carbons (Fsp3) is 0.350. The first kappa shape index (κ1) is 17.3. The molecule has 5 heteroatoms. The van der Waals surface area contributed by atoms with Crippen LogP contribution in [0.4, 0.5) is 0 Å². The Labute approximate surface area is 148 Å². The maximum Gasteiger partial charge on any atom is 0.258 e. The third-order valence-electron chi connectivity index (χ3n) is 4.48. The van der Waals surface area contributed by atoms with Gasteiger partial charge in [0.05, 0.1) is 5.56 Å². The monoisotopic (exact) mass is 340 g/mol. The predicted octanol–water partition coefficient (Wildman–Crippen LogP) is 2.84. The normalized spacial score (nSPS) is 13.5. The van der Waals surface area contributed by atoms with Gasteiger partial charge in [-0.05, 0) is 44.0 Å². The van der Waals surface area contributed by atoms with Crippen molar-refractivity contribution in [2.45, 2.75) is 25.8 Å². The molecule has 0 fully saturated rings. The fourth-order valence-electron chi connectivity index (χ4n) is 3.27. The Balaban J connectivity index is 1.86. The summed E-state index contributed by atoms with van der Waals surface area (Å²) < 4.78 is 10.9. The quantitative estimate of drug-likeness (QED) is 0.842. The van der Waals surface area contributed by atoms with Gasteiger partial charge in [-0.25, -0.2) is 0 Å². The number of fused-ring (bicyclic) bond motifs is 1. The van der Waals surface area contributed by atoms with Gasteiger partial charge < -0.3 is 20.1 Å². The SMILES string of the molecule is CCN(C(=O)c1cccc2c1OCO2)[C@H](CCN)Cc1ccccc1. The molecule has 1 amide bonds. The fourth-order valence-corrected chi connectivity index (χ4v) is 3.27. The number of amides is 1. The molecule has 25 heavy (non-hydrogen) atoms. The second kappa shape index (κ2) is 8.03. The van der Waals surface area contributed by atoms with E-state index in [9.17, 15) is 4.79 Å². The molecule has 2 N–H and O–H groups in total. The first-order valence-electron chi connectivity index (χ1n) is 8.68. The van der Waals surface area contributed by atoms with Crippen LogP contribution in [0, 0.1) is 0 Å². The van der Waals surface area contributed by atoms with Gasteiger partial charge in [0.25, 0.3) is 5.91 Å². The van der Waals surface area contributed by atoms with E-state index in [1.165, 1.54) is 5.56 Å². The van der Waals surface area contributed by atoms with Crippen molar-refractivity contribution in [1.29, 1.82) is 0 Å². The smallest absolute Gasteiger partial charge is 0.258 e. The van der Waals surface area contributed by atoms with Crippen LogP contribution in [0.2, 0.25) is 0 Å². The summed E-state index contributed by atoms with van der Waals surface area (Å²) in [6.45, 7) is 3.30. The van der Waals surface area contributed by atoms with Crippen LogP contribution in [0.15, 0.2) is 48.5 Å². The number of carbonyl (C=O) groups excluding carboxylic acids is 1. The number of nitrogens with zero attached hydrogens (tertiary/aromatic N) is 1. The second-order valence-electron chi connectivity index (χ2n) is 6.05. The molecule has 0 bridgehead atoms. The Bertz CT molecular complexity index is 718. The Morgan fingerprint density at radius 2 is 1.96 bits per heavy atom. The average Bonchev–Trinajstić information content (AvgIpc) is 3.12. The van der Waals surface area contributed by atoms with E-state index in [4.69, 9.17) is 15.2 Å². The van der Waals surface area contributed by atoms with Gasteiger partial charge in [0.15, 0.2) is 11.5 Å². The Kier molecular flexibility index (Phi) is 5.56. The van der Waals surface area contributed by atoms with E-state index in [0.29, 0.717) is 30.2 Å². The van der Waals surface area contributed by atoms with Crippen LogP contribution < -0.4 is 15.2 Å². The van der Waals surface area contributed by atoms with Crippen molar-refractivity contribution in [3.8, 4) is 11.5 Å². The summed E-state index contributed by atoms with van der Waals surface area (Å²) in [5.41, 5.74) is 7.57. The lowest BCUT2D eigenvalue weighted by molar-refractivity contribution is 0.0677. The Morgan fingerprint density at radius 1 is 1.16 bits per heavy atom. The molecule has 0 unspecified atom stereocenters. The maximum absolute atomic E-state index is 13.2. The molecule has 5 nitrogen and oxygen atoms in total. The predicted molar refractivity (Wildman–Crippen MR) is 96.9 cm³/mol. The molecule has 2 aromatic carbocycles. The number of rotatable bonds is 7. The number of ether oxygens (including phenoxy) is 2. The number of carbonyl (C=O) groups is 1. The largest absolute Gasteiger partial charge is 0.454 e. The topological polar surface area (TPSA) is 64.8 Å². The Morgan fingerprint density at radius 3 is 2.68 bits per heavy atom. The van der Waals surface area contributed by atoms with Crippen molar-refractivity contribution in [1.82, 2.24) is 4.90 Å². The van der Waals surface area contributed by atoms with E-state index in [0.717, 1.165) is 12.8 Å². The van der Waals surface area contributed by atoms with Crippen molar-refractivity contribution in [2.75, 3.05) is 19.9 Å². The molecular weight excluding hydrogens is 316 g/mol. The van der Waals surface area contributed by atoms with E-state index >= 15 is 0 Å². The highest BCUT2D eigenvalue weighted by Gasteiger charge is 2.28. The molecule has 3 rings (SSSR count). The van der Waals surface area contributed by atoms with Gasteiger partial charge in [-0.2, -0.15) is 0 Å². The molecule has 1 atom stereocenters. The van der Waals surface area contributed by atoms with Gasteiger partial charge in [-0.1, -0.05) is 36.4 Å².